The van der Waals surface area contributed by atoms with Crippen LogP contribution in [0.3, 0.4) is 0 Å². The first-order valence-corrected chi connectivity index (χ1v) is 8.02. The number of nitrogens with zero attached hydrogens (tertiary/aromatic N) is 2. The monoisotopic (exact) mass is 346 g/mol. The molecule has 6 heteroatoms. The van der Waals surface area contributed by atoms with Crippen LogP contribution in [0.5, 0.6) is 0 Å². The van der Waals surface area contributed by atoms with Crippen LogP contribution in [0.1, 0.15) is 31.3 Å². The molecule has 0 spiro atoms. The fourth-order valence-corrected chi connectivity index (χ4v) is 2.91. The van der Waals surface area contributed by atoms with E-state index in [1.807, 2.05) is 6.07 Å². The maximum atomic E-state index is 12.9. The number of carbonyl (C=O) groups excluding carboxylic acids is 3. The zero-order valence-corrected chi connectivity index (χ0v) is 13.7. The number of furan rings is 1. The van der Waals surface area contributed by atoms with Gasteiger partial charge >= 0.3 is 0 Å². The third-order valence-corrected chi connectivity index (χ3v) is 4.21. The van der Waals surface area contributed by atoms with Crippen molar-refractivity contribution in [1.29, 1.82) is 0 Å². The number of hydrogen-bond donors (Lipinski definition) is 0. The first kappa shape index (κ1) is 15.8. The first-order valence-electron chi connectivity index (χ1n) is 8.02. The van der Waals surface area contributed by atoms with Crippen LogP contribution in [0.25, 0.3) is 0 Å². The van der Waals surface area contributed by atoms with Crippen molar-refractivity contribution in [1.82, 2.24) is 4.90 Å². The van der Waals surface area contributed by atoms with Crippen LogP contribution in [0.4, 0.5) is 5.69 Å². The number of para-hydroxylation sites is 1. The van der Waals surface area contributed by atoms with Gasteiger partial charge in [0, 0.05) is 5.69 Å². The molecule has 2 heterocycles. The molecule has 6 nitrogen and oxygen atoms in total. The number of fused-ring (bicyclic) bond motifs is 1. The lowest BCUT2D eigenvalue weighted by molar-refractivity contribution is 0.0649. The second kappa shape index (κ2) is 6.33. The molecule has 128 valence electrons. The molecule has 0 unspecified atom stereocenters. The van der Waals surface area contributed by atoms with Gasteiger partial charge < -0.3 is 4.42 Å². The summed E-state index contributed by atoms with van der Waals surface area (Å²) in [7, 11) is 0. The van der Waals surface area contributed by atoms with Gasteiger partial charge in [-0.3, -0.25) is 24.2 Å². The van der Waals surface area contributed by atoms with Gasteiger partial charge in [0.2, 0.25) is 0 Å². The molecule has 0 saturated heterocycles. The van der Waals surface area contributed by atoms with Crippen LogP contribution in [0.2, 0.25) is 0 Å². The highest BCUT2D eigenvalue weighted by atomic mass is 16.3. The highest BCUT2D eigenvalue weighted by molar-refractivity contribution is 6.21. The summed E-state index contributed by atoms with van der Waals surface area (Å²) in [4.78, 5) is 40.5. The average Bonchev–Trinajstić information content (AvgIpc) is 3.30. The molecule has 0 fully saturated rings. The molecule has 1 aliphatic heterocycles. The lowest BCUT2D eigenvalue weighted by Crippen LogP contribution is -2.44. The van der Waals surface area contributed by atoms with Crippen molar-refractivity contribution in [3.05, 3.63) is 89.9 Å². The summed E-state index contributed by atoms with van der Waals surface area (Å²) >= 11 is 0. The summed E-state index contributed by atoms with van der Waals surface area (Å²) in [5.74, 6) is -1.14. The number of hydrogen-bond acceptors (Lipinski definition) is 4. The van der Waals surface area contributed by atoms with Crippen LogP contribution in [0.15, 0.2) is 77.4 Å². The zero-order chi connectivity index (χ0) is 18.1. The molecule has 0 saturated carbocycles. The first-order chi connectivity index (χ1) is 12.7. The standard InChI is InChI=1S/C20H14N2O4/c23-18-15-9-4-5-10-16(15)19(24)22(18)13-21(14-7-2-1-3-8-14)20(25)17-11-6-12-26-17/h1-12H,13H2. The highest BCUT2D eigenvalue weighted by Gasteiger charge is 2.37. The van der Waals surface area contributed by atoms with E-state index in [0.717, 1.165) is 4.90 Å². The fourth-order valence-electron chi connectivity index (χ4n) is 2.91. The van der Waals surface area contributed by atoms with Crippen molar-refractivity contribution in [2.45, 2.75) is 0 Å². The van der Waals surface area contributed by atoms with Crippen molar-refractivity contribution in [3.8, 4) is 0 Å². The molecule has 0 radical (unpaired) electrons. The summed E-state index contributed by atoms with van der Waals surface area (Å²) in [5, 5.41) is 0. The number of anilines is 1. The fraction of sp³-hybridized carbons (Fsp3) is 0.0500. The number of rotatable bonds is 4. The van der Waals surface area contributed by atoms with Gasteiger partial charge in [-0.1, -0.05) is 30.3 Å². The molecule has 0 atom stereocenters. The Bertz CT molecular complexity index is 945. The zero-order valence-electron chi connectivity index (χ0n) is 13.7. The topological polar surface area (TPSA) is 70.8 Å². The summed E-state index contributed by atoms with van der Waals surface area (Å²) in [5.41, 5.74) is 1.25. The maximum Gasteiger partial charge on any atom is 0.295 e. The van der Waals surface area contributed by atoms with Crippen LogP contribution in [0, 0.1) is 0 Å². The smallest absolute Gasteiger partial charge is 0.295 e. The van der Waals surface area contributed by atoms with Crippen molar-refractivity contribution < 1.29 is 18.8 Å². The Morgan fingerprint density at radius 1 is 0.846 bits per heavy atom. The Hall–Kier alpha value is -3.67. The predicted octanol–water partition coefficient (Wildman–Crippen LogP) is 3.18. The molecule has 0 bridgehead atoms. The Morgan fingerprint density at radius 3 is 2.04 bits per heavy atom. The van der Waals surface area contributed by atoms with E-state index in [1.54, 1.807) is 60.7 Å². The Kier molecular flexibility index (Phi) is 3.85. The largest absolute Gasteiger partial charge is 0.459 e. The predicted molar refractivity (Wildman–Crippen MR) is 93.8 cm³/mol. The van der Waals surface area contributed by atoms with Gasteiger partial charge in [0.15, 0.2) is 5.76 Å². The van der Waals surface area contributed by atoms with E-state index in [9.17, 15) is 14.4 Å². The summed E-state index contributed by atoms with van der Waals surface area (Å²) in [6.45, 7) is -0.199. The van der Waals surface area contributed by atoms with Gasteiger partial charge in [-0.2, -0.15) is 0 Å². The lowest BCUT2D eigenvalue weighted by atomic mass is 10.1. The third-order valence-electron chi connectivity index (χ3n) is 4.21. The number of amides is 3. The van der Waals surface area contributed by atoms with Crippen molar-refractivity contribution in [3.63, 3.8) is 0 Å². The second-order valence-electron chi connectivity index (χ2n) is 5.77. The molecule has 3 amide bonds. The van der Waals surface area contributed by atoms with E-state index in [0.29, 0.717) is 16.8 Å². The van der Waals surface area contributed by atoms with Gasteiger partial charge in [0.05, 0.1) is 17.4 Å². The van der Waals surface area contributed by atoms with Gasteiger partial charge in [0.1, 0.15) is 6.67 Å². The Morgan fingerprint density at radius 2 is 1.46 bits per heavy atom. The van der Waals surface area contributed by atoms with Crippen molar-refractivity contribution in [2.24, 2.45) is 0 Å². The van der Waals surface area contributed by atoms with Crippen LogP contribution >= 0.6 is 0 Å². The van der Waals surface area contributed by atoms with Crippen LogP contribution < -0.4 is 4.90 Å². The lowest BCUT2D eigenvalue weighted by Gasteiger charge is -2.26. The molecule has 26 heavy (non-hydrogen) atoms. The quantitative estimate of drug-likeness (QED) is 0.680. The van der Waals surface area contributed by atoms with E-state index >= 15 is 0 Å². The molecule has 2 aromatic carbocycles. The molecule has 1 aromatic heterocycles. The van der Waals surface area contributed by atoms with Crippen LogP contribution in [-0.2, 0) is 0 Å². The molecular weight excluding hydrogens is 332 g/mol. The van der Waals surface area contributed by atoms with E-state index in [1.165, 1.54) is 11.2 Å². The summed E-state index contributed by atoms with van der Waals surface area (Å²) < 4.78 is 5.20. The molecular formula is C20H14N2O4. The minimum Gasteiger partial charge on any atom is -0.459 e. The Labute approximate surface area is 149 Å². The number of imide groups is 1. The number of benzene rings is 2. The minimum atomic E-state index is -0.433. The Balaban J connectivity index is 1.69. The number of carbonyl (C=O) groups is 3. The van der Waals surface area contributed by atoms with Gasteiger partial charge in [0.25, 0.3) is 17.7 Å². The van der Waals surface area contributed by atoms with Crippen LogP contribution in [-0.4, -0.2) is 29.3 Å². The highest BCUT2D eigenvalue weighted by Crippen LogP contribution is 2.25. The second-order valence-corrected chi connectivity index (χ2v) is 5.77. The van der Waals surface area contributed by atoms with Gasteiger partial charge in [-0.05, 0) is 36.4 Å². The summed E-state index contributed by atoms with van der Waals surface area (Å²) in [6.07, 6.45) is 1.40. The van der Waals surface area contributed by atoms with Crippen molar-refractivity contribution >= 4 is 23.4 Å². The van der Waals surface area contributed by atoms with Gasteiger partial charge in [-0.15, -0.1) is 0 Å². The van der Waals surface area contributed by atoms with Crippen molar-refractivity contribution in [2.75, 3.05) is 11.6 Å². The molecule has 0 N–H and O–H groups in total. The average molecular weight is 346 g/mol. The summed E-state index contributed by atoms with van der Waals surface area (Å²) in [6, 6.07) is 18.6. The van der Waals surface area contributed by atoms with E-state index in [4.69, 9.17) is 4.42 Å². The maximum absolute atomic E-state index is 12.9. The van der Waals surface area contributed by atoms with Gasteiger partial charge in [-0.25, -0.2) is 0 Å². The molecule has 0 aliphatic carbocycles. The molecule has 4 rings (SSSR count). The molecule has 1 aliphatic rings. The SMILES string of the molecule is O=C1c2ccccc2C(=O)N1CN(C(=O)c1ccco1)c1ccccc1. The minimum absolute atomic E-state index is 0.130. The van der Waals surface area contributed by atoms with E-state index < -0.39 is 17.7 Å². The van der Waals surface area contributed by atoms with E-state index in [-0.39, 0.29) is 12.4 Å². The normalized spacial score (nSPS) is 13.0. The third kappa shape index (κ3) is 2.57. The molecule has 3 aromatic rings. The van der Waals surface area contributed by atoms with E-state index in [2.05, 4.69) is 0 Å².